The van der Waals surface area contributed by atoms with E-state index in [1.165, 1.54) is 0 Å². The fraction of sp³-hybridized carbons (Fsp3) is 0.588. The number of hydrogen-bond acceptors (Lipinski definition) is 3. The molecule has 2 unspecified atom stereocenters. The predicted molar refractivity (Wildman–Crippen MR) is 87.1 cm³/mol. The first kappa shape index (κ1) is 15.6. The van der Waals surface area contributed by atoms with Crippen molar-refractivity contribution in [3.8, 4) is 5.75 Å². The Bertz CT molecular complexity index is 554. The van der Waals surface area contributed by atoms with Gasteiger partial charge in [-0.25, -0.2) is 0 Å². The third-order valence-corrected chi connectivity index (χ3v) is 5.11. The van der Waals surface area contributed by atoms with E-state index in [4.69, 9.17) is 22.1 Å². The van der Waals surface area contributed by atoms with Crippen LogP contribution in [0.3, 0.4) is 0 Å². The van der Waals surface area contributed by atoms with Gasteiger partial charge in [-0.15, -0.1) is 0 Å². The Hall–Kier alpha value is -1.26. The average molecular weight is 323 g/mol. The highest BCUT2D eigenvalue weighted by molar-refractivity contribution is 6.30. The lowest BCUT2D eigenvalue weighted by Crippen LogP contribution is -2.46. The van der Waals surface area contributed by atoms with Gasteiger partial charge in [0.05, 0.1) is 5.92 Å². The molecule has 1 aromatic rings. The molecule has 2 atom stereocenters. The first-order valence-electron chi connectivity index (χ1n) is 8.00. The maximum Gasteiger partial charge on any atom is 0.229 e. The van der Waals surface area contributed by atoms with Gasteiger partial charge < -0.3 is 15.4 Å². The number of carbonyl (C=O) groups excluding carboxylic acids is 1. The highest BCUT2D eigenvalue weighted by Gasteiger charge is 2.32. The summed E-state index contributed by atoms with van der Waals surface area (Å²) in [5.41, 5.74) is 6.99. The summed E-state index contributed by atoms with van der Waals surface area (Å²) in [5.74, 6) is 1.49. The fourth-order valence-corrected chi connectivity index (χ4v) is 3.62. The van der Waals surface area contributed by atoms with Crippen LogP contribution in [0.15, 0.2) is 18.2 Å². The maximum atomic E-state index is 12.7. The Morgan fingerprint density at radius 1 is 1.41 bits per heavy atom. The van der Waals surface area contributed by atoms with Crippen molar-refractivity contribution >= 4 is 17.5 Å². The van der Waals surface area contributed by atoms with Crippen LogP contribution in [0, 0.1) is 11.8 Å². The molecular weight excluding hydrogens is 300 g/mol. The smallest absolute Gasteiger partial charge is 0.229 e. The van der Waals surface area contributed by atoms with Crippen molar-refractivity contribution in [1.82, 2.24) is 4.90 Å². The Labute approximate surface area is 136 Å². The number of amides is 1. The minimum absolute atomic E-state index is 0.0992. The van der Waals surface area contributed by atoms with Crippen LogP contribution in [0.5, 0.6) is 5.75 Å². The van der Waals surface area contributed by atoms with E-state index in [1.54, 1.807) is 0 Å². The molecule has 0 aromatic heterocycles. The molecule has 22 heavy (non-hydrogen) atoms. The number of nitrogens with zero attached hydrogens (tertiary/aromatic N) is 1. The molecule has 1 fully saturated rings. The van der Waals surface area contributed by atoms with Gasteiger partial charge in [0.25, 0.3) is 0 Å². The summed E-state index contributed by atoms with van der Waals surface area (Å²) in [5, 5.41) is 0.688. The van der Waals surface area contributed by atoms with Crippen LogP contribution in [-0.4, -0.2) is 36.5 Å². The van der Waals surface area contributed by atoms with Crippen LogP contribution in [0.1, 0.15) is 25.3 Å². The number of likely N-dealkylation sites (tertiary alicyclic amines) is 1. The topological polar surface area (TPSA) is 55.6 Å². The summed E-state index contributed by atoms with van der Waals surface area (Å²) < 4.78 is 5.74. The zero-order valence-corrected chi connectivity index (χ0v) is 13.7. The molecule has 5 heteroatoms. The Kier molecular flexibility index (Phi) is 4.59. The number of benzene rings is 1. The van der Waals surface area contributed by atoms with Crippen molar-refractivity contribution in [2.24, 2.45) is 17.6 Å². The molecule has 3 rings (SSSR count). The molecule has 0 bridgehead atoms. The normalized spacial score (nSPS) is 23.6. The molecule has 2 N–H and O–H groups in total. The second-order valence-electron chi connectivity index (χ2n) is 6.49. The van der Waals surface area contributed by atoms with Crippen molar-refractivity contribution in [1.29, 1.82) is 0 Å². The Balaban J connectivity index is 1.62. The van der Waals surface area contributed by atoms with Crippen LogP contribution in [0.2, 0.25) is 5.02 Å². The van der Waals surface area contributed by atoms with E-state index in [1.807, 2.05) is 23.1 Å². The van der Waals surface area contributed by atoms with E-state index in [0.29, 0.717) is 24.0 Å². The largest absolute Gasteiger partial charge is 0.492 e. The molecule has 1 saturated heterocycles. The number of hydrogen-bond donors (Lipinski definition) is 1. The molecule has 0 radical (unpaired) electrons. The lowest BCUT2D eigenvalue weighted by molar-refractivity contribution is -0.138. The van der Waals surface area contributed by atoms with Gasteiger partial charge in [0.2, 0.25) is 5.91 Å². The van der Waals surface area contributed by atoms with E-state index in [9.17, 15) is 4.79 Å². The van der Waals surface area contributed by atoms with Crippen molar-refractivity contribution in [3.05, 3.63) is 28.8 Å². The summed E-state index contributed by atoms with van der Waals surface area (Å²) in [6, 6.07) is 5.82. The zero-order chi connectivity index (χ0) is 15.7. The third-order valence-electron chi connectivity index (χ3n) is 4.87. The number of carbonyl (C=O) groups is 1. The molecule has 2 aliphatic rings. The maximum absolute atomic E-state index is 12.7. The number of nitrogens with two attached hydrogens (primary N) is 1. The quantitative estimate of drug-likeness (QED) is 0.910. The highest BCUT2D eigenvalue weighted by atomic mass is 35.5. The second-order valence-corrected chi connectivity index (χ2v) is 6.92. The highest BCUT2D eigenvalue weighted by Crippen LogP contribution is 2.31. The van der Waals surface area contributed by atoms with E-state index in [-0.39, 0.29) is 17.9 Å². The molecular formula is C17H23ClN2O2. The fourth-order valence-electron chi connectivity index (χ4n) is 3.43. The summed E-state index contributed by atoms with van der Waals surface area (Å²) in [7, 11) is 0. The predicted octanol–water partition coefficient (Wildman–Crippen LogP) is 2.48. The first-order chi connectivity index (χ1) is 10.5. The average Bonchev–Trinajstić information content (AvgIpc) is 2.53. The van der Waals surface area contributed by atoms with Gasteiger partial charge in [-0.2, -0.15) is 0 Å². The summed E-state index contributed by atoms with van der Waals surface area (Å²) in [6.45, 7) is 4.13. The lowest BCUT2D eigenvalue weighted by Gasteiger charge is -2.36. The number of halogens is 1. The van der Waals surface area contributed by atoms with Crippen LogP contribution in [0.25, 0.3) is 0 Å². The van der Waals surface area contributed by atoms with Gasteiger partial charge in [0, 0.05) is 24.2 Å². The molecule has 2 heterocycles. The van der Waals surface area contributed by atoms with Gasteiger partial charge in [-0.05, 0) is 55.9 Å². The van der Waals surface area contributed by atoms with E-state index >= 15 is 0 Å². The Morgan fingerprint density at radius 2 is 2.14 bits per heavy atom. The van der Waals surface area contributed by atoms with Gasteiger partial charge in [-0.3, -0.25) is 4.79 Å². The molecule has 120 valence electrons. The van der Waals surface area contributed by atoms with Gasteiger partial charge >= 0.3 is 0 Å². The summed E-state index contributed by atoms with van der Waals surface area (Å²) in [6.07, 6.45) is 2.71. The van der Waals surface area contributed by atoms with E-state index in [0.717, 1.165) is 37.2 Å². The molecule has 1 aromatic carbocycles. The van der Waals surface area contributed by atoms with Crippen molar-refractivity contribution in [3.63, 3.8) is 0 Å². The van der Waals surface area contributed by atoms with Crippen LogP contribution in [0.4, 0.5) is 0 Å². The molecule has 1 amide bonds. The van der Waals surface area contributed by atoms with Crippen molar-refractivity contribution in [2.45, 2.75) is 32.2 Å². The first-order valence-corrected chi connectivity index (χ1v) is 8.38. The van der Waals surface area contributed by atoms with Crippen molar-refractivity contribution < 1.29 is 9.53 Å². The van der Waals surface area contributed by atoms with E-state index < -0.39 is 0 Å². The van der Waals surface area contributed by atoms with Crippen LogP contribution < -0.4 is 10.5 Å². The standard InChI is InChI=1S/C17H23ClN2O2/c1-11(19)12-4-6-20(7-5-12)17(21)14-8-13-9-15(18)2-3-16(13)22-10-14/h2-3,9,11-12,14H,4-8,10,19H2,1H3. The monoisotopic (exact) mass is 322 g/mol. The third kappa shape index (κ3) is 3.23. The van der Waals surface area contributed by atoms with Gasteiger partial charge in [0.15, 0.2) is 0 Å². The molecule has 2 aliphatic heterocycles. The summed E-state index contributed by atoms with van der Waals surface area (Å²) >= 11 is 6.04. The second kappa shape index (κ2) is 6.47. The number of rotatable bonds is 2. The number of fused-ring (bicyclic) bond motifs is 1. The Morgan fingerprint density at radius 3 is 2.82 bits per heavy atom. The molecule has 0 spiro atoms. The van der Waals surface area contributed by atoms with Crippen LogP contribution in [-0.2, 0) is 11.2 Å². The number of piperidine rings is 1. The van der Waals surface area contributed by atoms with Gasteiger partial charge in [0.1, 0.15) is 12.4 Å². The lowest BCUT2D eigenvalue weighted by atomic mass is 9.89. The minimum Gasteiger partial charge on any atom is -0.492 e. The molecule has 4 nitrogen and oxygen atoms in total. The number of ether oxygens (including phenoxy) is 1. The van der Waals surface area contributed by atoms with Crippen molar-refractivity contribution in [2.75, 3.05) is 19.7 Å². The SMILES string of the molecule is CC(N)C1CCN(C(=O)C2COc3ccc(Cl)cc3C2)CC1. The molecule has 0 saturated carbocycles. The summed E-state index contributed by atoms with van der Waals surface area (Å²) in [4.78, 5) is 14.7. The molecule has 0 aliphatic carbocycles. The zero-order valence-electron chi connectivity index (χ0n) is 12.9. The van der Waals surface area contributed by atoms with Gasteiger partial charge in [-0.1, -0.05) is 11.6 Å². The van der Waals surface area contributed by atoms with Crippen LogP contribution >= 0.6 is 11.6 Å². The minimum atomic E-state index is -0.0992. The van der Waals surface area contributed by atoms with E-state index in [2.05, 4.69) is 6.92 Å².